The molecule has 4 fully saturated rings. The van der Waals surface area contributed by atoms with E-state index in [4.69, 9.17) is 37.9 Å². The first-order valence-electron chi connectivity index (χ1n) is 19.8. The van der Waals surface area contributed by atoms with Crippen molar-refractivity contribution in [1.82, 2.24) is 4.90 Å². The van der Waals surface area contributed by atoms with E-state index in [2.05, 4.69) is 0 Å². The summed E-state index contributed by atoms with van der Waals surface area (Å²) >= 11 is 0. The van der Waals surface area contributed by atoms with E-state index in [-0.39, 0.29) is 31.7 Å². The number of aliphatic hydroxyl groups excluding tert-OH is 4. The number of hydrogen-bond acceptors (Lipinski definition) is 16. The second-order valence-corrected chi connectivity index (χ2v) is 16.5. The number of aldehydes is 1. The third-order valence-corrected chi connectivity index (χ3v) is 12.4. The summed E-state index contributed by atoms with van der Waals surface area (Å²) in [5.41, 5.74) is -0.729. The molecule has 0 amide bonds. The van der Waals surface area contributed by atoms with E-state index in [9.17, 15) is 34.8 Å². The molecule has 0 unspecified atom stereocenters. The van der Waals surface area contributed by atoms with E-state index in [1.807, 2.05) is 13.8 Å². The zero-order chi connectivity index (χ0) is 40.9. The van der Waals surface area contributed by atoms with Gasteiger partial charge in [-0.3, -0.25) is 9.59 Å². The molecule has 0 aliphatic carbocycles. The lowest BCUT2D eigenvalue weighted by molar-refractivity contribution is -0.305. The zero-order valence-electron chi connectivity index (χ0n) is 34.1. The fraction of sp³-hybridized carbons (Fsp3) is 0.923. The molecule has 16 heteroatoms. The maximum Gasteiger partial charge on any atom is 0.308 e. The molecule has 4 heterocycles. The van der Waals surface area contributed by atoms with Crippen LogP contribution in [-0.2, 0) is 52.3 Å². The van der Waals surface area contributed by atoms with Gasteiger partial charge in [0.25, 0.3) is 0 Å². The summed E-state index contributed by atoms with van der Waals surface area (Å²) in [6.07, 6.45) is -10.1. The maximum atomic E-state index is 13.7. The Hall–Kier alpha value is -1.67. The molecule has 0 spiro atoms. The van der Waals surface area contributed by atoms with Crippen LogP contribution in [0, 0.1) is 23.7 Å². The van der Waals surface area contributed by atoms with Crippen LogP contribution >= 0.6 is 0 Å². The van der Waals surface area contributed by atoms with Gasteiger partial charge in [-0.2, -0.15) is 0 Å². The van der Waals surface area contributed by atoms with Crippen molar-refractivity contribution in [1.29, 1.82) is 0 Å². The van der Waals surface area contributed by atoms with Crippen molar-refractivity contribution in [2.45, 2.75) is 171 Å². The molecule has 0 aromatic rings. The number of carbonyl (C=O) groups excluding carboxylic acids is 3. The number of epoxide rings is 1. The number of aliphatic hydroxyl groups is 4. The minimum Gasteiger partial charge on any atom is -0.462 e. The first-order chi connectivity index (χ1) is 25.9. The number of fused-ring (bicyclic) bond motifs is 1. The Balaban J connectivity index is 1.62. The number of methoxy groups -OCH3 is 2. The second kappa shape index (κ2) is 19.9. The molecular formula is C39H67NO15. The minimum atomic E-state index is -1.31. The second-order valence-electron chi connectivity index (χ2n) is 16.5. The normalized spacial score (nSPS) is 46.5. The van der Waals surface area contributed by atoms with Crippen LogP contribution in [0.4, 0.5) is 0 Å². The van der Waals surface area contributed by atoms with Gasteiger partial charge >= 0.3 is 5.97 Å². The van der Waals surface area contributed by atoms with Crippen molar-refractivity contribution < 1.29 is 72.7 Å². The van der Waals surface area contributed by atoms with Gasteiger partial charge in [-0.25, -0.2) is 0 Å². The molecule has 4 saturated heterocycles. The van der Waals surface area contributed by atoms with Gasteiger partial charge in [0.15, 0.2) is 12.6 Å². The van der Waals surface area contributed by atoms with Gasteiger partial charge in [-0.05, 0) is 60.0 Å². The summed E-state index contributed by atoms with van der Waals surface area (Å²) < 4.78 is 48.2. The van der Waals surface area contributed by atoms with E-state index in [0.29, 0.717) is 12.8 Å². The Morgan fingerprint density at radius 2 is 1.55 bits per heavy atom. The van der Waals surface area contributed by atoms with Gasteiger partial charge < -0.3 is 68.0 Å². The van der Waals surface area contributed by atoms with Crippen molar-refractivity contribution in [3.05, 3.63) is 0 Å². The van der Waals surface area contributed by atoms with Gasteiger partial charge in [0, 0.05) is 44.8 Å². The van der Waals surface area contributed by atoms with Crippen LogP contribution in [0.3, 0.4) is 0 Å². The van der Waals surface area contributed by atoms with Crippen molar-refractivity contribution in [3.63, 3.8) is 0 Å². The van der Waals surface area contributed by atoms with Crippen molar-refractivity contribution >= 4 is 18.0 Å². The maximum absolute atomic E-state index is 13.7. The number of carbonyl (C=O) groups is 3. The molecule has 318 valence electrons. The van der Waals surface area contributed by atoms with Crippen LogP contribution in [0.2, 0.25) is 0 Å². The van der Waals surface area contributed by atoms with Gasteiger partial charge in [0.2, 0.25) is 0 Å². The molecule has 0 aromatic heterocycles. The number of hydrogen-bond donors (Lipinski definition) is 4. The number of ether oxygens (including phenoxy) is 8. The lowest BCUT2D eigenvalue weighted by Crippen LogP contribution is -2.63. The number of nitrogens with zero attached hydrogens (tertiary/aromatic N) is 1. The average Bonchev–Trinajstić information content (AvgIpc) is 3.81. The van der Waals surface area contributed by atoms with E-state index < -0.39 is 127 Å². The fourth-order valence-electron chi connectivity index (χ4n) is 8.75. The predicted molar refractivity (Wildman–Crippen MR) is 196 cm³/mol. The predicted octanol–water partition coefficient (Wildman–Crippen LogP) is 0.998. The molecule has 4 aliphatic heterocycles. The van der Waals surface area contributed by atoms with Crippen LogP contribution < -0.4 is 0 Å². The number of cyclic esters (lactones) is 1. The molecule has 0 aromatic carbocycles. The highest BCUT2D eigenvalue weighted by atomic mass is 16.7. The molecular weight excluding hydrogens is 722 g/mol. The van der Waals surface area contributed by atoms with Gasteiger partial charge in [-0.1, -0.05) is 20.8 Å². The lowest BCUT2D eigenvalue weighted by Gasteiger charge is -2.46. The summed E-state index contributed by atoms with van der Waals surface area (Å²) in [4.78, 5) is 41.2. The lowest BCUT2D eigenvalue weighted by atomic mass is 9.79. The molecule has 4 N–H and O–H groups in total. The van der Waals surface area contributed by atoms with Crippen molar-refractivity contribution in [2.75, 3.05) is 34.9 Å². The molecule has 0 bridgehead atoms. The standard InChI is InChI=1S/C39H67NO15/c1-11-27-24(18-50-38-35(49-10)34(48-9)31(46)22(5)52-38)36-39(6,55-36)14-12-25(42)19(2)16-23(13-15-41)33(20(3)26(43)17-28(44)53-27)54-37-32(47)29(40(7)8)30(45)21(4)51-37/h15,19-24,26-27,29-38,43,45-47H,11-14,16-18H2,1-10H3/t19-,20-,21-,22-,23+,24-,26-,27+,29+,30-,31-,32-,33-,34-,35-,36-,37+,38-,39-/m1/s1. The summed E-state index contributed by atoms with van der Waals surface area (Å²) in [5.74, 6) is -3.10. The van der Waals surface area contributed by atoms with Crippen molar-refractivity contribution in [3.8, 4) is 0 Å². The Morgan fingerprint density at radius 3 is 2.15 bits per heavy atom. The van der Waals surface area contributed by atoms with Crippen molar-refractivity contribution in [2.24, 2.45) is 23.7 Å². The van der Waals surface area contributed by atoms with Crippen LogP contribution in [-0.4, -0.2) is 170 Å². The summed E-state index contributed by atoms with van der Waals surface area (Å²) in [5, 5.41) is 44.4. The number of likely N-dealkylation sites (N-methyl/N-ethyl adjacent to an activating group) is 1. The molecule has 0 radical (unpaired) electrons. The molecule has 16 nitrogen and oxygen atoms in total. The highest BCUT2D eigenvalue weighted by Gasteiger charge is 2.59. The Bertz CT molecular complexity index is 1260. The molecule has 19 atom stereocenters. The Kier molecular flexibility index (Phi) is 16.6. The van der Waals surface area contributed by atoms with E-state index in [1.54, 1.807) is 46.7 Å². The largest absolute Gasteiger partial charge is 0.462 e. The van der Waals surface area contributed by atoms with E-state index >= 15 is 0 Å². The topological polar surface area (TPSA) is 213 Å². The quantitative estimate of drug-likeness (QED) is 0.131. The Labute approximate surface area is 325 Å². The highest BCUT2D eigenvalue weighted by Crippen LogP contribution is 2.47. The van der Waals surface area contributed by atoms with Gasteiger partial charge in [0.05, 0.1) is 61.3 Å². The highest BCUT2D eigenvalue weighted by molar-refractivity contribution is 5.80. The minimum absolute atomic E-state index is 0.0120. The first kappa shape index (κ1) is 46.0. The average molecular weight is 790 g/mol. The van der Waals surface area contributed by atoms with Crippen LogP contribution in [0.1, 0.15) is 80.1 Å². The number of esters is 1. The smallest absolute Gasteiger partial charge is 0.308 e. The molecule has 4 aliphatic rings. The number of Topliss-reactive ketones (excluding diaryl/α,β-unsaturated/α-hetero) is 1. The summed E-state index contributed by atoms with van der Waals surface area (Å²) in [7, 11) is 6.38. The van der Waals surface area contributed by atoms with Crippen LogP contribution in [0.25, 0.3) is 0 Å². The Morgan fingerprint density at radius 1 is 0.909 bits per heavy atom. The van der Waals surface area contributed by atoms with Crippen LogP contribution in [0.5, 0.6) is 0 Å². The molecule has 0 saturated carbocycles. The van der Waals surface area contributed by atoms with E-state index in [1.165, 1.54) is 14.2 Å². The molecule has 55 heavy (non-hydrogen) atoms. The first-order valence-corrected chi connectivity index (χ1v) is 19.8. The third kappa shape index (κ3) is 10.7. The van der Waals surface area contributed by atoms with Crippen LogP contribution in [0.15, 0.2) is 0 Å². The van der Waals surface area contributed by atoms with E-state index in [0.717, 1.165) is 6.29 Å². The SMILES string of the molecule is CC[C@@H]1OC(=O)C[C@@H](O)[C@@H](C)[C@@H](O[C@@H]2O[C@H](C)[C@@H](O)[C@H](N(C)C)[C@H]2O)[C@@H](CC=O)C[C@@H](C)C(=O)CC[C@@]2(C)O[C@@H]2[C@@H]1CO[C@@H]1O[C@H](C)[C@@H](O)[C@@H](OC)[C@H]1OC. The summed E-state index contributed by atoms with van der Waals surface area (Å²) in [6.45, 7) is 10.7. The number of rotatable bonds is 11. The summed E-state index contributed by atoms with van der Waals surface area (Å²) in [6, 6.07) is -0.737. The zero-order valence-corrected chi connectivity index (χ0v) is 34.1. The third-order valence-electron chi connectivity index (χ3n) is 12.4. The van der Waals surface area contributed by atoms with Gasteiger partial charge in [0.1, 0.15) is 42.6 Å². The van der Waals surface area contributed by atoms with Gasteiger partial charge in [-0.15, -0.1) is 0 Å². The molecule has 4 rings (SSSR count). The number of ketones is 1. The fourth-order valence-corrected chi connectivity index (χ4v) is 8.75. The monoisotopic (exact) mass is 789 g/mol.